The lowest BCUT2D eigenvalue weighted by Crippen LogP contribution is -2.12. The molecule has 0 spiro atoms. The molecule has 1 N–H and O–H groups in total. The van der Waals surface area contributed by atoms with Crippen LogP contribution in [0.2, 0.25) is 10.0 Å². The van der Waals surface area contributed by atoms with E-state index >= 15 is 0 Å². The van der Waals surface area contributed by atoms with E-state index in [9.17, 15) is 0 Å². The lowest BCUT2D eigenvalue weighted by atomic mass is 10.2. The molecule has 0 saturated heterocycles. The van der Waals surface area contributed by atoms with E-state index in [1.807, 2.05) is 18.2 Å². The predicted molar refractivity (Wildman–Crippen MR) is 81.8 cm³/mol. The Morgan fingerprint density at radius 2 is 2.00 bits per heavy atom. The van der Waals surface area contributed by atoms with Crippen LogP contribution in [0.25, 0.3) is 10.4 Å². The van der Waals surface area contributed by atoms with E-state index in [0.717, 1.165) is 35.0 Å². The third kappa shape index (κ3) is 3.48. The van der Waals surface area contributed by atoms with Crippen molar-refractivity contribution in [2.24, 2.45) is 0 Å². The van der Waals surface area contributed by atoms with E-state index in [-0.39, 0.29) is 0 Å². The van der Waals surface area contributed by atoms with E-state index in [0.29, 0.717) is 5.02 Å². The molecule has 0 amide bonds. The first-order chi connectivity index (χ1) is 8.70. The third-order valence-electron chi connectivity index (χ3n) is 2.58. The van der Waals surface area contributed by atoms with Crippen molar-refractivity contribution < 1.29 is 0 Å². The largest absolute Gasteiger partial charge is 0.312 e. The molecule has 1 aromatic carbocycles. The smallest absolute Gasteiger partial charge is 0.0493 e. The highest BCUT2D eigenvalue weighted by molar-refractivity contribution is 7.15. The first-order valence-corrected chi connectivity index (χ1v) is 7.53. The van der Waals surface area contributed by atoms with Crippen molar-refractivity contribution in [2.45, 2.75) is 19.9 Å². The topological polar surface area (TPSA) is 12.0 Å². The zero-order chi connectivity index (χ0) is 13.0. The molecule has 1 heterocycles. The highest BCUT2D eigenvalue weighted by atomic mass is 35.5. The van der Waals surface area contributed by atoms with Crippen LogP contribution in [0, 0.1) is 0 Å². The molecule has 0 aliphatic rings. The molecule has 4 heteroatoms. The fourth-order valence-corrected chi connectivity index (χ4v) is 3.15. The van der Waals surface area contributed by atoms with Gasteiger partial charge in [0, 0.05) is 31.9 Å². The SMILES string of the molecule is CCCNCc1ccc(-c2cc(Cl)ccc2Cl)s1. The summed E-state index contributed by atoms with van der Waals surface area (Å²) in [5.74, 6) is 0. The van der Waals surface area contributed by atoms with Crippen molar-refractivity contribution in [3.8, 4) is 10.4 Å². The summed E-state index contributed by atoms with van der Waals surface area (Å²) in [5.41, 5.74) is 1.01. The van der Waals surface area contributed by atoms with Crippen molar-refractivity contribution in [1.29, 1.82) is 0 Å². The second-order valence-electron chi connectivity index (χ2n) is 4.07. The summed E-state index contributed by atoms with van der Waals surface area (Å²) in [5, 5.41) is 4.85. The summed E-state index contributed by atoms with van der Waals surface area (Å²) in [6.45, 7) is 4.13. The Morgan fingerprint density at radius 1 is 1.17 bits per heavy atom. The van der Waals surface area contributed by atoms with E-state index < -0.39 is 0 Å². The Bertz CT molecular complexity index is 522. The normalized spacial score (nSPS) is 10.8. The highest BCUT2D eigenvalue weighted by Crippen LogP contribution is 2.35. The molecule has 1 nitrogen and oxygen atoms in total. The second kappa shape index (κ2) is 6.58. The van der Waals surface area contributed by atoms with E-state index in [1.54, 1.807) is 11.3 Å². The van der Waals surface area contributed by atoms with Crippen LogP contribution in [0.5, 0.6) is 0 Å². The summed E-state index contributed by atoms with van der Waals surface area (Å²) in [6, 6.07) is 9.81. The highest BCUT2D eigenvalue weighted by Gasteiger charge is 2.07. The second-order valence-corrected chi connectivity index (χ2v) is 6.08. The number of hydrogen-bond donors (Lipinski definition) is 1. The van der Waals surface area contributed by atoms with Crippen molar-refractivity contribution in [3.05, 3.63) is 45.3 Å². The molecule has 0 unspecified atom stereocenters. The molecule has 18 heavy (non-hydrogen) atoms. The van der Waals surface area contributed by atoms with Gasteiger partial charge in [-0.3, -0.25) is 0 Å². The van der Waals surface area contributed by atoms with Gasteiger partial charge in [0.25, 0.3) is 0 Å². The molecule has 0 bridgehead atoms. The molecule has 1 aromatic heterocycles. The molecule has 0 aliphatic carbocycles. The summed E-state index contributed by atoms with van der Waals surface area (Å²) in [4.78, 5) is 2.48. The third-order valence-corrected chi connectivity index (χ3v) is 4.26. The van der Waals surface area contributed by atoms with Crippen molar-refractivity contribution in [1.82, 2.24) is 5.32 Å². The van der Waals surface area contributed by atoms with Crippen LogP contribution in [0.3, 0.4) is 0 Å². The van der Waals surface area contributed by atoms with E-state index in [2.05, 4.69) is 24.4 Å². The minimum absolute atomic E-state index is 0.716. The average Bonchev–Trinajstić information content (AvgIpc) is 2.81. The van der Waals surface area contributed by atoms with Crippen LogP contribution < -0.4 is 5.32 Å². The number of nitrogens with one attached hydrogen (secondary N) is 1. The molecule has 0 saturated carbocycles. The lowest BCUT2D eigenvalue weighted by Gasteiger charge is -2.02. The minimum atomic E-state index is 0.716. The monoisotopic (exact) mass is 299 g/mol. The number of hydrogen-bond acceptors (Lipinski definition) is 2. The van der Waals surface area contributed by atoms with Crippen LogP contribution in [-0.2, 0) is 6.54 Å². The number of benzene rings is 1. The Kier molecular flexibility index (Phi) is 5.07. The molecule has 0 aliphatic heterocycles. The van der Waals surface area contributed by atoms with Gasteiger partial charge >= 0.3 is 0 Å². The summed E-state index contributed by atoms with van der Waals surface area (Å²) < 4.78 is 0. The summed E-state index contributed by atoms with van der Waals surface area (Å²) >= 11 is 14.0. The lowest BCUT2D eigenvalue weighted by molar-refractivity contribution is 0.681. The fraction of sp³-hybridized carbons (Fsp3) is 0.286. The number of halogens is 2. The number of thiophene rings is 1. The van der Waals surface area contributed by atoms with Gasteiger partial charge in [0.1, 0.15) is 0 Å². The zero-order valence-corrected chi connectivity index (χ0v) is 12.5. The van der Waals surface area contributed by atoms with Gasteiger partial charge in [-0.2, -0.15) is 0 Å². The van der Waals surface area contributed by atoms with Gasteiger partial charge < -0.3 is 5.32 Å². The van der Waals surface area contributed by atoms with Crippen LogP contribution in [0.4, 0.5) is 0 Å². The molecule has 0 radical (unpaired) electrons. The maximum atomic E-state index is 6.20. The zero-order valence-electron chi connectivity index (χ0n) is 10.2. The van der Waals surface area contributed by atoms with Crippen LogP contribution in [0.15, 0.2) is 30.3 Å². The van der Waals surface area contributed by atoms with E-state index in [4.69, 9.17) is 23.2 Å². The van der Waals surface area contributed by atoms with Gasteiger partial charge in [-0.1, -0.05) is 30.1 Å². The quantitative estimate of drug-likeness (QED) is 0.746. The maximum Gasteiger partial charge on any atom is 0.0493 e. The molecule has 96 valence electrons. The molecule has 2 aromatic rings. The van der Waals surface area contributed by atoms with Gasteiger partial charge in [-0.05, 0) is 43.3 Å². The van der Waals surface area contributed by atoms with Crippen molar-refractivity contribution >= 4 is 34.5 Å². The van der Waals surface area contributed by atoms with Gasteiger partial charge in [0.15, 0.2) is 0 Å². The minimum Gasteiger partial charge on any atom is -0.312 e. The van der Waals surface area contributed by atoms with Gasteiger partial charge in [-0.15, -0.1) is 11.3 Å². The van der Waals surface area contributed by atoms with Crippen molar-refractivity contribution in [3.63, 3.8) is 0 Å². The molecular formula is C14H15Cl2NS. The Balaban J connectivity index is 2.16. The number of rotatable bonds is 5. The fourth-order valence-electron chi connectivity index (χ4n) is 1.69. The average molecular weight is 300 g/mol. The van der Waals surface area contributed by atoms with E-state index in [1.165, 1.54) is 4.88 Å². The first-order valence-electron chi connectivity index (χ1n) is 5.95. The Morgan fingerprint density at radius 3 is 2.78 bits per heavy atom. The predicted octanol–water partition coefficient (Wildman–Crippen LogP) is 5.22. The first kappa shape index (κ1) is 13.9. The molecular weight excluding hydrogens is 285 g/mol. The molecule has 2 rings (SSSR count). The van der Waals surface area contributed by atoms with Crippen LogP contribution >= 0.6 is 34.5 Å². The molecule has 0 atom stereocenters. The van der Waals surface area contributed by atoms with Gasteiger partial charge in [-0.25, -0.2) is 0 Å². The summed E-state index contributed by atoms with van der Waals surface area (Å²) in [7, 11) is 0. The molecule has 0 fully saturated rings. The Labute approximate surface area is 122 Å². The van der Waals surface area contributed by atoms with Crippen LogP contribution in [-0.4, -0.2) is 6.54 Å². The van der Waals surface area contributed by atoms with Gasteiger partial charge in [0.2, 0.25) is 0 Å². The summed E-state index contributed by atoms with van der Waals surface area (Å²) in [6.07, 6.45) is 1.15. The van der Waals surface area contributed by atoms with Gasteiger partial charge in [0.05, 0.1) is 0 Å². The maximum absolute atomic E-state index is 6.20. The Hall–Kier alpha value is -0.540. The van der Waals surface area contributed by atoms with Crippen LogP contribution in [0.1, 0.15) is 18.2 Å². The van der Waals surface area contributed by atoms with Crippen molar-refractivity contribution in [2.75, 3.05) is 6.54 Å². The standard InChI is InChI=1S/C14H15Cl2NS/c1-2-7-17-9-11-4-6-14(18-11)12-8-10(15)3-5-13(12)16/h3-6,8,17H,2,7,9H2,1H3.